The van der Waals surface area contributed by atoms with Gasteiger partial charge in [0.1, 0.15) is 30.2 Å². The number of aromatic nitrogens is 4. The van der Waals surface area contributed by atoms with E-state index >= 15 is 0 Å². The second kappa shape index (κ2) is 4.84. The van der Waals surface area contributed by atoms with Crippen LogP contribution in [-0.4, -0.2) is 54.4 Å². The van der Waals surface area contributed by atoms with Gasteiger partial charge in [-0.3, -0.25) is 9.05 Å². The first-order valence-electron chi connectivity index (χ1n) is 6.57. The average molecular weight is 345 g/mol. The van der Waals surface area contributed by atoms with Crippen LogP contribution in [0.2, 0.25) is 0 Å². The largest absolute Gasteiger partial charge is 0.472 e. The molecule has 2 saturated heterocycles. The molecule has 12 nitrogen and oxygen atoms in total. The third-order valence-corrected chi connectivity index (χ3v) is 4.74. The number of phosphoric acid groups is 1. The summed E-state index contributed by atoms with van der Waals surface area (Å²) < 4.78 is 27.6. The van der Waals surface area contributed by atoms with Gasteiger partial charge in [-0.1, -0.05) is 0 Å². The number of rotatable bonds is 1. The molecule has 0 radical (unpaired) electrons. The third kappa shape index (κ3) is 2.19. The van der Waals surface area contributed by atoms with Gasteiger partial charge in [0.05, 0.1) is 6.61 Å². The molecule has 0 bridgehead atoms. The Morgan fingerprint density at radius 1 is 1.48 bits per heavy atom. The van der Waals surface area contributed by atoms with Crippen LogP contribution < -0.4 is 11.4 Å². The van der Waals surface area contributed by atoms with Gasteiger partial charge in [-0.05, 0) is 0 Å². The Balaban J connectivity index is 1.78. The number of aliphatic hydroxyl groups excluding tert-OH is 1. The van der Waals surface area contributed by atoms with Gasteiger partial charge in [0, 0.05) is 0 Å². The van der Waals surface area contributed by atoms with Crippen LogP contribution >= 0.6 is 7.82 Å². The monoisotopic (exact) mass is 345 g/mol. The van der Waals surface area contributed by atoms with Crippen molar-refractivity contribution in [2.45, 2.75) is 24.5 Å². The maximum Gasteiger partial charge on any atom is 0.472 e. The minimum Gasteiger partial charge on any atom is -0.386 e. The maximum atomic E-state index is 12.2. The van der Waals surface area contributed by atoms with Crippen molar-refractivity contribution in [3.8, 4) is 0 Å². The summed E-state index contributed by atoms with van der Waals surface area (Å²) in [5, 5.41) is 10.4. The fourth-order valence-electron chi connectivity index (χ4n) is 2.74. The van der Waals surface area contributed by atoms with Crippen molar-refractivity contribution < 1.29 is 28.3 Å². The van der Waals surface area contributed by atoms with Crippen molar-refractivity contribution in [2.24, 2.45) is 0 Å². The molecule has 4 rings (SSSR count). The number of aromatic amines is 1. The molecule has 5 N–H and O–H groups in total. The smallest absolute Gasteiger partial charge is 0.386 e. The summed E-state index contributed by atoms with van der Waals surface area (Å²) in [6.07, 6.45) is -3.31. The molecular weight excluding hydrogens is 333 g/mol. The molecule has 2 aliphatic rings. The molecule has 124 valence electrons. The molecule has 2 aromatic rings. The van der Waals surface area contributed by atoms with E-state index in [1.807, 2.05) is 0 Å². The van der Waals surface area contributed by atoms with Crippen molar-refractivity contribution in [1.29, 1.82) is 0 Å². The highest BCUT2D eigenvalue weighted by Crippen LogP contribution is 2.52. The van der Waals surface area contributed by atoms with Gasteiger partial charge in [-0.25, -0.2) is 23.9 Å². The van der Waals surface area contributed by atoms with Gasteiger partial charge >= 0.3 is 13.5 Å². The van der Waals surface area contributed by atoms with Crippen molar-refractivity contribution in [3.63, 3.8) is 0 Å². The lowest BCUT2D eigenvalue weighted by Crippen LogP contribution is -2.39. The summed E-state index contributed by atoms with van der Waals surface area (Å²) in [7, 11) is -4.25. The maximum absolute atomic E-state index is 12.2. The molecule has 2 aromatic heterocycles. The first-order chi connectivity index (χ1) is 10.9. The molecule has 0 spiro atoms. The zero-order valence-electron chi connectivity index (χ0n) is 11.4. The topological polar surface area (TPSA) is 175 Å². The van der Waals surface area contributed by atoms with Crippen molar-refractivity contribution in [3.05, 3.63) is 16.8 Å². The van der Waals surface area contributed by atoms with Crippen LogP contribution in [0.3, 0.4) is 0 Å². The van der Waals surface area contributed by atoms with Crippen molar-refractivity contribution in [1.82, 2.24) is 19.5 Å². The number of imidazole rings is 1. The summed E-state index contributed by atoms with van der Waals surface area (Å²) in [6.45, 7) is -0.250. The lowest BCUT2D eigenvalue weighted by molar-refractivity contribution is -0.0671. The molecule has 0 aromatic carbocycles. The Morgan fingerprint density at radius 3 is 3.04 bits per heavy atom. The molecule has 0 saturated carbocycles. The van der Waals surface area contributed by atoms with Gasteiger partial charge in [0.2, 0.25) is 0 Å². The van der Waals surface area contributed by atoms with E-state index in [2.05, 4.69) is 19.5 Å². The molecule has 2 fully saturated rings. The van der Waals surface area contributed by atoms with Crippen LogP contribution in [0.25, 0.3) is 11.2 Å². The van der Waals surface area contributed by atoms with Gasteiger partial charge < -0.3 is 25.5 Å². The normalized spacial score (nSPS) is 37.1. The van der Waals surface area contributed by atoms with Crippen LogP contribution in [0.15, 0.2) is 11.1 Å². The number of phosphoric ester groups is 1. The molecule has 0 amide bonds. The minimum absolute atomic E-state index is 0.0650. The summed E-state index contributed by atoms with van der Waals surface area (Å²) in [5.41, 5.74) is 5.39. The predicted molar refractivity (Wildman–Crippen MR) is 73.1 cm³/mol. The molecule has 4 heterocycles. The van der Waals surface area contributed by atoms with E-state index in [1.165, 1.54) is 0 Å². The SMILES string of the molecule is Nc1ncnc2c1[nH]c(=O)n2[C@@H]1O[C@@H]2COP(=O)(O)OC2[C@@H]1O. The lowest BCUT2D eigenvalue weighted by Gasteiger charge is -2.27. The van der Waals surface area contributed by atoms with Gasteiger partial charge in [0.25, 0.3) is 0 Å². The third-order valence-electron chi connectivity index (χ3n) is 3.76. The summed E-state index contributed by atoms with van der Waals surface area (Å²) in [6, 6.07) is 0. The van der Waals surface area contributed by atoms with Gasteiger partial charge in [0.15, 0.2) is 17.7 Å². The Morgan fingerprint density at radius 2 is 2.26 bits per heavy atom. The Labute approximate surface area is 127 Å². The molecule has 2 unspecified atom stereocenters. The number of aliphatic hydroxyl groups is 1. The van der Waals surface area contributed by atoms with Crippen LogP contribution in [0.1, 0.15) is 6.23 Å². The van der Waals surface area contributed by atoms with E-state index in [1.54, 1.807) is 0 Å². The van der Waals surface area contributed by atoms with E-state index in [9.17, 15) is 19.4 Å². The molecule has 0 aliphatic carbocycles. The van der Waals surface area contributed by atoms with E-state index in [-0.39, 0.29) is 23.6 Å². The fourth-order valence-corrected chi connectivity index (χ4v) is 3.70. The van der Waals surface area contributed by atoms with Crippen LogP contribution in [-0.2, 0) is 18.3 Å². The number of hydrogen-bond acceptors (Lipinski definition) is 9. The second-order valence-electron chi connectivity index (χ2n) is 5.15. The molecule has 23 heavy (non-hydrogen) atoms. The van der Waals surface area contributed by atoms with E-state index in [0.29, 0.717) is 0 Å². The highest BCUT2D eigenvalue weighted by Gasteiger charge is 2.53. The number of nitrogens with one attached hydrogen (secondary N) is 1. The fraction of sp³-hybridized carbons (Fsp3) is 0.500. The standard InChI is InChI=1S/C10H12N5O7P/c11-7-4-8(13-2-12-7)15(10(17)14-4)9-5(16)6-3(21-9)1-20-23(18,19)22-6/h2-3,5-6,9,16H,1H2,(H,14,17)(H,18,19)(H2,11,12,13)/t3-,5+,6?,9-/m1/s1. The summed E-state index contributed by atoms with van der Waals surface area (Å²) >= 11 is 0. The minimum atomic E-state index is -4.25. The molecular formula is C10H12N5O7P. The van der Waals surface area contributed by atoms with Crippen molar-refractivity contribution in [2.75, 3.05) is 12.3 Å². The number of fused-ring (bicyclic) bond motifs is 2. The van der Waals surface area contributed by atoms with Crippen molar-refractivity contribution >= 4 is 24.8 Å². The first-order valence-corrected chi connectivity index (χ1v) is 8.07. The number of H-pyrrole nitrogens is 1. The average Bonchev–Trinajstić information content (AvgIpc) is 2.97. The number of nitrogen functional groups attached to an aromatic ring is 1. The van der Waals surface area contributed by atoms with E-state index in [0.717, 1.165) is 10.9 Å². The molecule has 5 atom stereocenters. The summed E-state index contributed by atoms with van der Waals surface area (Å²) in [5.74, 6) is 0.0650. The Hall–Kier alpha value is -1.82. The quantitative estimate of drug-likeness (QED) is 0.444. The van der Waals surface area contributed by atoms with Gasteiger partial charge in [-0.2, -0.15) is 0 Å². The van der Waals surface area contributed by atoms with E-state index in [4.69, 9.17) is 15.0 Å². The first kappa shape index (κ1) is 14.8. The molecule has 13 heteroatoms. The Kier molecular flexibility index (Phi) is 3.10. The zero-order chi connectivity index (χ0) is 16.4. The van der Waals surface area contributed by atoms with Crippen LogP contribution in [0.4, 0.5) is 5.82 Å². The zero-order valence-corrected chi connectivity index (χ0v) is 12.3. The summed E-state index contributed by atoms with van der Waals surface area (Å²) in [4.78, 5) is 31.7. The van der Waals surface area contributed by atoms with Crippen LogP contribution in [0.5, 0.6) is 0 Å². The number of anilines is 1. The highest BCUT2D eigenvalue weighted by molar-refractivity contribution is 7.47. The number of nitrogens with two attached hydrogens (primary N) is 1. The van der Waals surface area contributed by atoms with E-state index < -0.39 is 38.1 Å². The highest BCUT2D eigenvalue weighted by atomic mass is 31.2. The predicted octanol–water partition coefficient (Wildman–Crippen LogP) is -1.52. The number of nitrogens with zero attached hydrogens (tertiary/aromatic N) is 3. The van der Waals surface area contributed by atoms with Gasteiger partial charge in [-0.15, -0.1) is 0 Å². The Bertz CT molecular complexity index is 880. The lowest BCUT2D eigenvalue weighted by atomic mass is 10.1. The second-order valence-corrected chi connectivity index (χ2v) is 6.55. The molecule has 2 aliphatic heterocycles. The number of hydrogen-bond donors (Lipinski definition) is 4. The number of ether oxygens (including phenoxy) is 1. The van der Waals surface area contributed by atoms with Crippen LogP contribution in [0, 0.1) is 0 Å².